The van der Waals surface area contributed by atoms with Crippen LogP contribution in [0.5, 0.6) is 0 Å². The highest BCUT2D eigenvalue weighted by atomic mass is 19.1. The molecule has 1 N–H and O–H groups in total. The topological polar surface area (TPSA) is 87.5 Å². The summed E-state index contributed by atoms with van der Waals surface area (Å²) in [5.74, 6) is -0.915. The number of piperidine rings is 2. The molecule has 1 aromatic heterocycles. The lowest BCUT2D eigenvalue weighted by Crippen LogP contribution is -2.53. The highest BCUT2D eigenvalue weighted by molar-refractivity contribution is 6.27. The number of hydrogen-bond donors (Lipinski definition) is 1. The molecule has 9 heteroatoms. The van der Waals surface area contributed by atoms with E-state index in [2.05, 4.69) is 26.2 Å². The van der Waals surface area contributed by atoms with Crippen LogP contribution in [0.2, 0.25) is 0 Å². The summed E-state index contributed by atoms with van der Waals surface area (Å²) in [4.78, 5) is 41.5. The van der Waals surface area contributed by atoms with Crippen LogP contribution in [-0.2, 0) is 16.0 Å². The Labute approximate surface area is 226 Å². The lowest BCUT2D eigenvalue weighted by Gasteiger charge is -2.41. The van der Waals surface area contributed by atoms with Gasteiger partial charge < -0.3 is 4.90 Å². The summed E-state index contributed by atoms with van der Waals surface area (Å²) in [6, 6.07) is 9.31. The molecule has 202 valence electrons. The highest BCUT2D eigenvalue weighted by Crippen LogP contribution is 2.41. The normalized spacial score (nSPS) is 23.4. The van der Waals surface area contributed by atoms with Crippen LogP contribution in [-0.4, -0.2) is 63.7 Å². The quantitative estimate of drug-likeness (QED) is 0.489. The van der Waals surface area contributed by atoms with Gasteiger partial charge in [-0.1, -0.05) is 18.2 Å². The molecule has 2 saturated heterocycles. The maximum atomic E-state index is 14.5. The predicted molar refractivity (Wildman–Crippen MR) is 144 cm³/mol. The van der Waals surface area contributed by atoms with Gasteiger partial charge in [0.1, 0.15) is 11.7 Å². The lowest BCUT2D eigenvalue weighted by atomic mass is 9.81. The molecule has 3 amide bonds. The van der Waals surface area contributed by atoms with E-state index in [1.54, 1.807) is 4.90 Å². The number of carbonyl (C=O) groups is 3. The van der Waals surface area contributed by atoms with Crippen molar-refractivity contribution < 1.29 is 18.8 Å². The van der Waals surface area contributed by atoms with E-state index >= 15 is 0 Å². The van der Waals surface area contributed by atoms with E-state index in [-0.39, 0.29) is 18.2 Å². The zero-order chi connectivity index (χ0) is 26.7. The molecular formula is C30H32FN5O3. The maximum Gasteiger partial charge on any atom is 0.259 e. The summed E-state index contributed by atoms with van der Waals surface area (Å²) >= 11 is 0. The summed E-state index contributed by atoms with van der Waals surface area (Å²) in [5, 5.41) is 8.91. The number of anilines is 1. The summed E-state index contributed by atoms with van der Waals surface area (Å²) < 4.78 is 16.6. The van der Waals surface area contributed by atoms with Crippen LogP contribution in [0.4, 0.5) is 10.1 Å². The first-order valence-corrected chi connectivity index (χ1v) is 14.0. The smallest absolute Gasteiger partial charge is 0.259 e. The first-order valence-electron chi connectivity index (χ1n) is 14.0. The van der Waals surface area contributed by atoms with Crippen molar-refractivity contribution in [3.63, 3.8) is 0 Å². The SMILES string of the molecule is O=C1CC[C@H](N2C(=O)c3cccc4c(Cc5cnn(C6CCN(CC7(F)CCC7)CC6)c5)ccc2c34)C(=O)N1. The van der Waals surface area contributed by atoms with Crippen LogP contribution in [0.15, 0.2) is 42.7 Å². The number of alkyl halides is 1. The van der Waals surface area contributed by atoms with Crippen LogP contribution in [0, 0.1) is 0 Å². The van der Waals surface area contributed by atoms with E-state index in [1.165, 1.54) is 0 Å². The Bertz CT molecular complexity index is 1490. The molecule has 2 aromatic carbocycles. The van der Waals surface area contributed by atoms with Gasteiger partial charge in [0.2, 0.25) is 11.8 Å². The second kappa shape index (κ2) is 9.26. The van der Waals surface area contributed by atoms with E-state index in [0.717, 1.165) is 59.9 Å². The van der Waals surface area contributed by atoms with Crippen LogP contribution in [0.1, 0.15) is 72.5 Å². The highest BCUT2D eigenvalue weighted by Gasteiger charge is 2.41. The number of aromatic nitrogens is 2. The molecule has 7 rings (SSSR count). The van der Waals surface area contributed by atoms with Crippen molar-refractivity contribution in [3.8, 4) is 0 Å². The molecule has 3 aliphatic heterocycles. The van der Waals surface area contributed by atoms with Crippen LogP contribution in [0.25, 0.3) is 10.8 Å². The molecule has 0 unspecified atom stereocenters. The molecule has 4 heterocycles. The van der Waals surface area contributed by atoms with Crippen LogP contribution < -0.4 is 10.2 Å². The standard InChI is InChI=1S/C30H32FN5O3/c31-30(11-2-12-30)18-34-13-9-21(10-14-34)35-17-19(16-32-35)15-20-5-6-24-27-22(20)3-1-4-23(27)29(39)36(24)25-7-8-26(37)33-28(25)38/h1,3-6,16-17,21,25H,2,7-15,18H2,(H,33,37,38)/t25-/m0/s1. The number of imide groups is 1. The minimum Gasteiger partial charge on any atom is -0.300 e. The minimum atomic E-state index is -0.963. The third kappa shape index (κ3) is 4.23. The summed E-state index contributed by atoms with van der Waals surface area (Å²) in [5.41, 5.74) is 2.55. The Balaban J connectivity index is 1.09. The average Bonchev–Trinajstić information content (AvgIpc) is 3.49. The Morgan fingerprint density at radius 2 is 1.87 bits per heavy atom. The fraction of sp³-hybridized carbons (Fsp3) is 0.467. The Morgan fingerprint density at radius 1 is 1.05 bits per heavy atom. The molecule has 8 nitrogen and oxygen atoms in total. The molecular weight excluding hydrogens is 497 g/mol. The third-order valence-corrected chi connectivity index (χ3v) is 9.08. The summed E-state index contributed by atoms with van der Waals surface area (Å²) in [6.07, 6.45) is 9.61. The molecule has 0 radical (unpaired) electrons. The van der Waals surface area contributed by atoms with Gasteiger partial charge in [-0.25, -0.2) is 4.39 Å². The summed E-state index contributed by atoms with van der Waals surface area (Å²) in [7, 11) is 0. The fourth-order valence-corrected chi connectivity index (χ4v) is 6.81. The van der Waals surface area contributed by atoms with E-state index in [1.807, 2.05) is 36.5 Å². The minimum absolute atomic E-state index is 0.197. The Kier molecular flexibility index (Phi) is 5.80. The zero-order valence-electron chi connectivity index (χ0n) is 21.9. The van der Waals surface area contributed by atoms with Gasteiger partial charge in [-0.05, 0) is 67.2 Å². The van der Waals surface area contributed by atoms with Crippen molar-refractivity contribution in [2.75, 3.05) is 24.5 Å². The van der Waals surface area contributed by atoms with E-state index in [0.29, 0.717) is 43.8 Å². The van der Waals surface area contributed by atoms with Crippen LogP contribution in [0.3, 0.4) is 0 Å². The number of nitrogens with one attached hydrogen (secondary N) is 1. The number of rotatable bonds is 6. The molecule has 0 bridgehead atoms. The second-order valence-electron chi connectivity index (χ2n) is 11.6. The first kappa shape index (κ1) is 24.5. The van der Waals surface area contributed by atoms with Gasteiger partial charge in [0.25, 0.3) is 5.91 Å². The monoisotopic (exact) mass is 529 g/mol. The number of hydrogen-bond acceptors (Lipinski definition) is 5. The molecule has 0 spiro atoms. The number of halogens is 1. The van der Waals surface area contributed by atoms with Crippen molar-refractivity contribution in [1.29, 1.82) is 0 Å². The predicted octanol–water partition coefficient (Wildman–Crippen LogP) is 3.92. The van der Waals surface area contributed by atoms with Gasteiger partial charge >= 0.3 is 0 Å². The molecule has 1 aliphatic carbocycles. The van der Waals surface area contributed by atoms with E-state index in [9.17, 15) is 18.8 Å². The molecule has 4 aliphatic rings. The van der Waals surface area contributed by atoms with E-state index in [4.69, 9.17) is 0 Å². The molecule has 3 fully saturated rings. The van der Waals surface area contributed by atoms with Crippen molar-refractivity contribution in [1.82, 2.24) is 20.0 Å². The lowest BCUT2D eigenvalue weighted by molar-refractivity contribution is -0.134. The number of benzene rings is 2. The molecule has 39 heavy (non-hydrogen) atoms. The van der Waals surface area contributed by atoms with Gasteiger partial charge in [-0.3, -0.25) is 29.3 Å². The second-order valence-corrected chi connectivity index (χ2v) is 11.6. The molecule has 1 saturated carbocycles. The van der Waals surface area contributed by atoms with Gasteiger partial charge in [0, 0.05) is 49.6 Å². The van der Waals surface area contributed by atoms with Crippen molar-refractivity contribution in [2.24, 2.45) is 0 Å². The number of likely N-dealkylation sites (tertiary alicyclic amines) is 1. The van der Waals surface area contributed by atoms with Crippen molar-refractivity contribution >= 4 is 34.2 Å². The zero-order valence-corrected chi connectivity index (χ0v) is 21.9. The molecule has 3 aromatic rings. The first-order chi connectivity index (χ1) is 18.9. The van der Waals surface area contributed by atoms with Gasteiger partial charge in [0.05, 0.1) is 17.9 Å². The van der Waals surface area contributed by atoms with E-state index < -0.39 is 17.6 Å². The van der Waals surface area contributed by atoms with Crippen LogP contribution >= 0.6 is 0 Å². The van der Waals surface area contributed by atoms with Gasteiger partial charge in [0.15, 0.2) is 0 Å². The Morgan fingerprint density at radius 3 is 2.62 bits per heavy atom. The van der Waals surface area contributed by atoms with Gasteiger partial charge in [-0.15, -0.1) is 0 Å². The fourth-order valence-electron chi connectivity index (χ4n) is 6.81. The summed E-state index contributed by atoms with van der Waals surface area (Å²) in [6.45, 7) is 2.37. The molecule has 1 atom stereocenters. The van der Waals surface area contributed by atoms with Gasteiger partial charge in [-0.2, -0.15) is 5.10 Å². The van der Waals surface area contributed by atoms with Crippen molar-refractivity contribution in [3.05, 3.63) is 59.4 Å². The van der Waals surface area contributed by atoms with Crippen molar-refractivity contribution in [2.45, 2.75) is 69.1 Å². The maximum absolute atomic E-state index is 14.5. The largest absolute Gasteiger partial charge is 0.300 e. The third-order valence-electron chi connectivity index (χ3n) is 9.08. The number of nitrogens with zero attached hydrogens (tertiary/aromatic N) is 4. The number of carbonyl (C=O) groups excluding carboxylic acids is 3. The Hall–Kier alpha value is -3.59. The number of amides is 3. The average molecular weight is 530 g/mol.